The van der Waals surface area contributed by atoms with E-state index in [1.54, 1.807) is 4.40 Å². The third-order valence-electron chi connectivity index (χ3n) is 2.61. The van der Waals surface area contributed by atoms with Crippen LogP contribution in [0.25, 0.3) is 16.6 Å². The molecule has 84 valence electrons. The number of carboxylic acid groups (broad SMARTS) is 1. The Labute approximate surface area is 112 Å². The van der Waals surface area contributed by atoms with Crippen molar-refractivity contribution in [1.82, 2.24) is 14.4 Å². The topological polar surface area (TPSA) is 90.3 Å². The Bertz CT molecular complexity index is 806. The molecule has 1 aromatic carbocycles. The van der Waals surface area contributed by atoms with Gasteiger partial charge in [-0.15, -0.1) is 0 Å². The first-order valence-corrected chi connectivity index (χ1v) is 4.86. The van der Waals surface area contributed by atoms with E-state index in [1.165, 1.54) is 30.7 Å². The van der Waals surface area contributed by atoms with Gasteiger partial charge in [-0.05, 0) is 17.7 Å². The molecule has 2 heterocycles. The van der Waals surface area contributed by atoms with Crippen LogP contribution in [0, 0.1) is 0 Å². The van der Waals surface area contributed by atoms with Gasteiger partial charge in [0.2, 0.25) is 0 Å². The van der Waals surface area contributed by atoms with Gasteiger partial charge in [0.05, 0.1) is 29.5 Å². The van der Waals surface area contributed by atoms with Crippen molar-refractivity contribution in [2.24, 2.45) is 0 Å². The van der Waals surface area contributed by atoms with Crippen LogP contribution in [0.1, 0.15) is 10.4 Å². The molecule has 3 rings (SSSR count). The molecule has 0 aliphatic rings. The molecule has 0 atom stereocenters. The third-order valence-corrected chi connectivity index (χ3v) is 2.61. The molecule has 0 aliphatic carbocycles. The second kappa shape index (κ2) is 4.33. The van der Waals surface area contributed by atoms with Crippen molar-refractivity contribution < 1.29 is 28.8 Å². The number of carbonyl (C=O) groups excluding carboxylic acids is 1. The van der Waals surface area contributed by atoms with E-state index in [9.17, 15) is 14.7 Å². The molecule has 3 aromatic rings. The smallest absolute Gasteiger partial charge is 0.545 e. The van der Waals surface area contributed by atoms with Gasteiger partial charge in [-0.3, -0.25) is 9.20 Å². The summed E-state index contributed by atoms with van der Waals surface area (Å²) in [6.45, 7) is 0. The van der Waals surface area contributed by atoms with Crippen LogP contribution in [-0.4, -0.2) is 20.3 Å². The van der Waals surface area contributed by atoms with E-state index in [-0.39, 0.29) is 30.0 Å². The van der Waals surface area contributed by atoms with E-state index in [2.05, 4.69) is 9.97 Å². The Morgan fingerprint density at radius 3 is 2.83 bits per heavy atom. The van der Waals surface area contributed by atoms with Crippen molar-refractivity contribution in [2.75, 3.05) is 0 Å². The summed E-state index contributed by atoms with van der Waals surface area (Å²) in [6.07, 6.45) is 2.88. The SMILES string of the molecule is O=C([O-])c1ccc2[nH]c(=O)c3cncn3c2c1.[Li+]. The fourth-order valence-electron chi connectivity index (χ4n) is 1.80. The van der Waals surface area contributed by atoms with Crippen LogP contribution >= 0.6 is 0 Å². The molecular formula is C11H6LiN3O3. The molecule has 0 amide bonds. The molecule has 2 aromatic heterocycles. The predicted molar refractivity (Wildman–Crippen MR) is 57.6 cm³/mol. The molecule has 0 spiro atoms. The summed E-state index contributed by atoms with van der Waals surface area (Å²) in [5.41, 5.74) is 1.27. The molecule has 0 radical (unpaired) electrons. The number of hydrogen-bond acceptors (Lipinski definition) is 4. The number of imidazole rings is 1. The van der Waals surface area contributed by atoms with Gasteiger partial charge in [-0.2, -0.15) is 0 Å². The number of rotatable bonds is 1. The van der Waals surface area contributed by atoms with Crippen molar-refractivity contribution in [3.05, 3.63) is 46.6 Å². The zero-order valence-electron chi connectivity index (χ0n) is 9.51. The van der Waals surface area contributed by atoms with Crippen LogP contribution in [-0.2, 0) is 0 Å². The van der Waals surface area contributed by atoms with Crippen molar-refractivity contribution in [3.8, 4) is 0 Å². The van der Waals surface area contributed by atoms with Gasteiger partial charge >= 0.3 is 18.9 Å². The molecule has 0 saturated heterocycles. The van der Waals surface area contributed by atoms with Crippen molar-refractivity contribution in [3.63, 3.8) is 0 Å². The van der Waals surface area contributed by atoms with Gasteiger partial charge in [0.25, 0.3) is 5.56 Å². The van der Waals surface area contributed by atoms with E-state index < -0.39 is 5.97 Å². The number of nitrogens with one attached hydrogen (secondary N) is 1. The number of carbonyl (C=O) groups is 1. The normalized spacial score (nSPS) is 10.4. The molecule has 0 saturated carbocycles. The quantitative estimate of drug-likeness (QED) is 0.444. The maximum atomic E-state index is 11.6. The van der Waals surface area contributed by atoms with Crippen molar-refractivity contribution >= 4 is 22.5 Å². The van der Waals surface area contributed by atoms with Gasteiger partial charge in [0.15, 0.2) is 0 Å². The maximum absolute atomic E-state index is 11.6. The molecule has 0 bridgehead atoms. The number of nitrogens with zero attached hydrogens (tertiary/aromatic N) is 2. The second-order valence-corrected chi connectivity index (χ2v) is 3.62. The first-order chi connectivity index (χ1) is 8.16. The van der Waals surface area contributed by atoms with E-state index in [0.29, 0.717) is 16.6 Å². The Morgan fingerprint density at radius 2 is 2.11 bits per heavy atom. The van der Waals surface area contributed by atoms with E-state index >= 15 is 0 Å². The fourth-order valence-corrected chi connectivity index (χ4v) is 1.80. The van der Waals surface area contributed by atoms with Crippen LogP contribution in [0.15, 0.2) is 35.5 Å². The summed E-state index contributed by atoms with van der Waals surface area (Å²) < 4.78 is 1.54. The van der Waals surface area contributed by atoms with Crippen LogP contribution in [0.3, 0.4) is 0 Å². The third kappa shape index (κ3) is 1.72. The molecule has 0 unspecified atom stereocenters. The van der Waals surface area contributed by atoms with Crippen LogP contribution in [0.5, 0.6) is 0 Å². The summed E-state index contributed by atoms with van der Waals surface area (Å²) in [4.78, 5) is 28.9. The number of aromatic nitrogens is 3. The first kappa shape index (κ1) is 12.4. The Balaban J connectivity index is 0.00000120. The Kier molecular flexibility index (Phi) is 2.99. The Morgan fingerprint density at radius 1 is 1.33 bits per heavy atom. The molecular weight excluding hydrogens is 229 g/mol. The minimum absolute atomic E-state index is 0. The van der Waals surface area contributed by atoms with Crippen molar-refractivity contribution in [2.45, 2.75) is 0 Å². The largest absolute Gasteiger partial charge is 1.00 e. The van der Waals surface area contributed by atoms with E-state index in [1.807, 2.05) is 0 Å². The van der Waals surface area contributed by atoms with Gasteiger partial charge < -0.3 is 14.9 Å². The second-order valence-electron chi connectivity index (χ2n) is 3.62. The minimum Gasteiger partial charge on any atom is -0.545 e. The molecule has 18 heavy (non-hydrogen) atoms. The van der Waals surface area contributed by atoms with E-state index in [4.69, 9.17) is 0 Å². The summed E-state index contributed by atoms with van der Waals surface area (Å²) in [6, 6.07) is 4.35. The first-order valence-electron chi connectivity index (χ1n) is 4.86. The summed E-state index contributed by atoms with van der Waals surface area (Å²) in [7, 11) is 0. The zero-order valence-corrected chi connectivity index (χ0v) is 9.51. The zero-order chi connectivity index (χ0) is 12.0. The summed E-state index contributed by atoms with van der Waals surface area (Å²) >= 11 is 0. The average Bonchev–Trinajstić information content (AvgIpc) is 2.78. The number of H-pyrrole nitrogens is 1. The Hall–Kier alpha value is -2.03. The van der Waals surface area contributed by atoms with E-state index in [0.717, 1.165) is 0 Å². The van der Waals surface area contributed by atoms with Gasteiger partial charge in [0, 0.05) is 0 Å². The standard InChI is InChI=1S/C11H7N3O3.Li/c15-10-9-4-12-5-14(9)8-3-6(11(16)17)1-2-7(8)13-10;/h1-5H,(H,13,15)(H,16,17);/q;+1/p-1. The van der Waals surface area contributed by atoms with Crippen LogP contribution < -0.4 is 29.5 Å². The van der Waals surface area contributed by atoms with Gasteiger partial charge in [-0.1, -0.05) is 6.07 Å². The fraction of sp³-hybridized carbons (Fsp3) is 0. The monoisotopic (exact) mass is 235 g/mol. The summed E-state index contributed by atoms with van der Waals surface area (Å²) in [5.74, 6) is -1.26. The number of fused-ring (bicyclic) bond motifs is 3. The van der Waals surface area contributed by atoms with Crippen LogP contribution in [0.2, 0.25) is 0 Å². The number of benzene rings is 1. The predicted octanol–water partition coefficient (Wildman–Crippen LogP) is -3.46. The van der Waals surface area contributed by atoms with Crippen molar-refractivity contribution in [1.29, 1.82) is 0 Å². The van der Waals surface area contributed by atoms with Crippen LogP contribution in [0.4, 0.5) is 0 Å². The average molecular weight is 235 g/mol. The molecule has 0 fully saturated rings. The minimum atomic E-state index is -1.26. The molecule has 0 aliphatic heterocycles. The summed E-state index contributed by atoms with van der Waals surface area (Å²) in [5, 5.41) is 10.8. The van der Waals surface area contributed by atoms with Gasteiger partial charge in [0.1, 0.15) is 5.52 Å². The number of aromatic carboxylic acids is 1. The molecule has 1 N–H and O–H groups in total. The molecule has 7 heteroatoms. The number of aromatic amines is 1. The number of carboxylic acids is 1. The number of hydrogen-bond donors (Lipinski definition) is 1. The van der Waals surface area contributed by atoms with Gasteiger partial charge in [-0.25, -0.2) is 4.98 Å². The molecule has 6 nitrogen and oxygen atoms in total. The maximum Gasteiger partial charge on any atom is 1.00 e.